The molecule has 0 aliphatic heterocycles. The van der Waals surface area contributed by atoms with Crippen LogP contribution in [0.5, 0.6) is 5.75 Å². The average Bonchev–Trinajstić information content (AvgIpc) is 2.38. The number of hydrogen-bond acceptors (Lipinski definition) is 4. The Hall–Kier alpha value is -2.14. The Bertz CT molecular complexity index is 560. The molecule has 0 saturated carbocycles. The Morgan fingerprint density at radius 2 is 2.11 bits per heavy atom. The number of anilines is 1. The highest BCUT2D eigenvalue weighted by atomic mass is 19.1. The van der Waals surface area contributed by atoms with Gasteiger partial charge in [0.1, 0.15) is 23.5 Å². The third-order valence-corrected chi connectivity index (χ3v) is 2.67. The van der Waals surface area contributed by atoms with Crippen LogP contribution < -0.4 is 10.5 Å². The van der Waals surface area contributed by atoms with Crippen molar-refractivity contribution in [2.24, 2.45) is 0 Å². The van der Waals surface area contributed by atoms with Crippen LogP contribution >= 0.6 is 0 Å². The van der Waals surface area contributed by atoms with Gasteiger partial charge in [0.25, 0.3) is 0 Å². The van der Waals surface area contributed by atoms with Crippen LogP contribution in [0.25, 0.3) is 0 Å². The van der Waals surface area contributed by atoms with Crippen molar-refractivity contribution in [3.63, 3.8) is 0 Å². The van der Waals surface area contributed by atoms with E-state index in [0.29, 0.717) is 5.56 Å². The zero-order valence-electron chi connectivity index (χ0n) is 9.80. The van der Waals surface area contributed by atoms with Gasteiger partial charge >= 0.3 is 0 Å². The number of pyridine rings is 1. The zero-order chi connectivity index (χ0) is 13.1. The number of halogens is 1. The third kappa shape index (κ3) is 2.12. The van der Waals surface area contributed by atoms with Crippen LogP contribution in [0.4, 0.5) is 10.2 Å². The fourth-order valence-corrected chi connectivity index (χ4v) is 1.78. The Morgan fingerprint density at radius 3 is 2.78 bits per heavy atom. The summed E-state index contributed by atoms with van der Waals surface area (Å²) in [6.07, 6.45) is 0.291. The van der Waals surface area contributed by atoms with Gasteiger partial charge in [-0.25, -0.2) is 9.37 Å². The summed E-state index contributed by atoms with van der Waals surface area (Å²) in [5.74, 6) is -0.119. The minimum absolute atomic E-state index is 0.0553. The second-order valence-electron chi connectivity index (χ2n) is 3.74. The summed E-state index contributed by atoms with van der Waals surface area (Å²) >= 11 is 0. The van der Waals surface area contributed by atoms with Gasteiger partial charge in [-0.05, 0) is 18.2 Å². The standard InChI is InChI=1S/C13H13FN2O2/c1-18-10-6-2-5-9(14)11(10)12(17)8-4-3-7-16-13(8)15/h2-7,12,17H,1H3,(H2,15,16). The van der Waals surface area contributed by atoms with Crippen molar-refractivity contribution in [2.45, 2.75) is 6.10 Å². The number of rotatable bonds is 3. The lowest BCUT2D eigenvalue weighted by molar-refractivity contribution is 0.209. The van der Waals surface area contributed by atoms with Gasteiger partial charge in [-0.1, -0.05) is 12.1 Å². The van der Waals surface area contributed by atoms with Gasteiger partial charge in [-0.3, -0.25) is 0 Å². The van der Waals surface area contributed by atoms with E-state index in [1.54, 1.807) is 18.2 Å². The molecular weight excluding hydrogens is 235 g/mol. The molecular formula is C13H13FN2O2. The first kappa shape index (κ1) is 12.3. The predicted molar refractivity (Wildman–Crippen MR) is 65.7 cm³/mol. The molecule has 1 heterocycles. The molecule has 2 rings (SSSR count). The Labute approximate surface area is 104 Å². The maximum atomic E-state index is 13.8. The molecule has 18 heavy (non-hydrogen) atoms. The highest BCUT2D eigenvalue weighted by molar-refractivity contribution is 5.48. The molecule has 1 aromatic heterocycles. The molecule has 4 nitrogen and oxygen atoms in total. The molecule has 0 aliphatic carbocycles. The molecule has 2 aromatic rings. The Balaban J connectivity index is 2.52. The number of aliphatic hydroxyl groups excluding tert-OH is 1. The van der Waals surface area contributed by atoms with E-state index >= 15 is 0 Å². The fraction of sp³-hybridized carbons (Fsp3) is 0.154. The molecule has 5 heteroatoms. The molecule has 0 radical (unpaired) electrons. The van der Waals surface area contributed by atoms with Crippen molar-refractivity contribution >= 4 is 5.82 Å². The van der Waals surface area contributed by atoms with Crippen LogP contribution in [0.2, 0.25) is 0 Å². The van der Waals surface area contributed by atoms with Gasteiger partial charge in [0, 0.05) is 11.8 Å². The Kier molecular flexibility index (Phi) is 3.43. The number of nitrogens with two attached hydrogens (primary N) is 1. The van der Waals surface area contributed by atoms with Gasteiger partial charge in [0.15, 0.2) is 0 Å². The van der Waals surface area contributed by atoms with Crippen molar-refractivity contribution in [1.29, 1.82) is 0 Å². The molecule has 1 atom stereocenters. The SMILES string of the molecule is COc1cccc(F)c1C(O)c1cccnc1N. The summed E-state index contributed by atoms with van der Waals surface area (Å²) in [4.78, 5) is 3.87. The predicted octanol–water partition coefficient (Wildman–Crippen LogP) is 1.89. The number of aliphatic hydroxyl groups is 1. The zero-order valence-corrected chi connectivity index (χ0v) is 9.80. The minimum atomic E-state index is -1.21. The van der Waals surface area contributed by atoms with Crippen LogP contribution in [-0.2, 0) is 0 Å². The monoisotopic (exact) mass is 248 g/mol. The summed E-state index contributed by atoms with van der Waals surface area (Å²) in [5.41, 5.74) is 6.07. The maximum absolute atomic E-state index is 13.8. The Morgan fingerprint density at radius 1 is 1.33 bits per heavy atom. The van der Waals surface area contributed by atoms with Gasteiger partial charge in [0.2, 0.25) is 0 Å². The molecule has 0 bridgehead atoms. The number of nitrogen functional groups attached to an aromatic ring is 1. The lowest BCUT2D eigenvalue weighted by atomic mass is 10.0. The first-order valence-corrected chi connectivity index (χ1v) is 5.36. The second-order valence-corrected chi connectivity index (χ2v) is 3.74. The molecule has 0 saturated heterocycles. The summed E-state index contributed by atoms with van der Waals surface area (Å²) in [7, 11) is 1.41. The summed E-state index contributed by atoms with van der Waals surface area (Å²) < 4.78 is 18.9. The van der Waals surface area contributed by atoms with Crippen LogP contribution in [0, 0.1) is 5.82 Å². The van der Waals surface area contributed by atoms with Crippen molar-refractivity contribution < 1.29 is 14.2 Å². The topological polar surface area (TPSA) is 68.4 Å². The van der Waals surface area contributed by atoms with Crippen molar-refractivity contribution in [3.05, 3.63) is 53.5 Å². The van der Waals surface area contributed by atoms with Crippen LogP contribution in [0.15, 0.2) is 36.5 Å². The highest BCUT2D eigenvalue weighted by Gasteiger charge is 2.21. The first-order valence-electron chi connectivity index (χ1n) is 5.36. The largest absolute Gasteiger partial charge is 0.496 e. The molecule has 0 amide bonds. The molecule has 3 N–H and O–H groups in total. The number of nitrogens with zero attached hydrogens (tertiary/aromatic N) is 1. The van der Waals surface area contributed by atoms with Crippen molar-refractivity contribution in [1.82, 2.24) is 4.98 Å². The van der Waals surface area contributed by atoms with E-state index in [2.05, 4.69) is 4.98 Å². The van der Waals surface area contributed by atoms with Gasteiger partial charge in [0.05, 0.1) is 12.7 Å². The van der Waals surface area contributed by atoms with Gasteiger partial charge < -0.3 is 15.6 Å². The van der Waals surface area contributed by atoms with Crippen molar-refractivity contribution in [3.8, 4) is 5.75 Å². The second kappa shape index (κ2) is 5.01. The third-order valence-electron chi connectivity index (χ3n) is 2.67. The average molecular weight is 248 g/mol. The fourth-order valence-electron chi connectivity index (χ4n) is 1.78. The summed E-state index contributed by atoms with van der Waals surface area (Å²) in [6, 6.07) is 7.57. The lowest BCUT2D eigenvalue weighted by Crippen LogP contribution is -2.08. The van der Waals surface area contributed by atoms with Crippen LogP contribution in [0.1, 0.15) is 17.2 Å². The van der Waals surface area contributed by atoms with E-state index in [4.69, 9.17) is 10.5 Å². The number of methoxy groups -OCH3 is 1. The van der Waals surface area contributed by atoms with E-state index in [1.807, 2.05) is 0 Å². The highest BCUT2D eigenvalue weighted by Crippen LogP contribution is 2.33. The number of hydrogen-bond donors (Lipinski definition) is 2. The molecule has 94 valence electrons. The van der Waals surface area contributed by atoms with E-state index in [9.17, 15) is 9.50 Å². The van der Waals surface area contributed by atoms with Crippen molar-refractivity contribution in [2.75, 3.05) is 12.8 Å². The molecule has 0 spiro atoms. The lowest BCUT2D eigenvalue weighted by Gasteiger charge is -2.16. The summed E-state index contributed by atoms with van der Waals surface area (Å²) in [6.45, 7) is 0. The van der Waals surface area contributed by atoms with Gasteiger partial charge in [-0.15, -0.1) is 0 Å². The van der Waals surface area contributed by atoms with Crippen LogP contribution in [0.3, 0.4) is 0 Å². The quantitative estimate of drug-likeness (QED) is 0.870. The summed E-state index contributed by atoms with van der Waals surface area (Å²) in [5, 5.41) is 10.2. The first-order chi connectivity index (χ1) is 8.65. The number of aromatic nitrogens is 1. The van der Waals surface area contributed by atoms with Crippen LogP contribution in [-0.4, -0.2) is 17.2 Å². The van der Waals surface area contributed by atoms with E-state index in [0.717, 1.165) is 0 Å². The molecule has 1 aromatic carbocycles. The maximum Gasteiger partial charge on any atom is 0.133 e. The molecule has 0 fully saturated rings. The normalized spacial score (nSPS) is 12.2. The number of benzene rings is 1. The minimum Gasteiger partial charge on any atom is -0.496 e. The van der Waals surface area contributed by atoms with E-state index in [-0.39, 0.29) is 17.1 Å². The van der Waals surface area contributed by atoms with E-state index in [1.165, 1.54) is 25.4 Å². The number of ether oxygens (including phenoxy) is 1. The smallest absolute Gasteiger partial charge is 0.133 e. The van der Waals surface area contributed by atoms with Gasteiger partial charge in [-0.2, -0.15) is 0 Å². The molecule has 0 aliphatic rings. The molecule has 1 unspecified atom stereocenters. The van der Waals surface area contributed by atoms with E-state index < -0.39 is 11.9 Å².